The first-order valence-corrected chi connectivity index (χ1v) is 7.78. The van der Waals surface area contributed by atoms with E-state index in [1.165, 1.54) is 0 Å². The van der Waals surface area contributed by atoms with Crippen LogP contribution < -0.4 is 5.32 Å². The molecule has 1 atom stereocenters. The average Bonchev–Trinajstić information content (AvgIpc) is 2.32. The molecule has 0 aliphatic carbocycles. The summed E-state index contributed by atoms with van der Waals surface area (Å²) in [5.41, 5.74) is -0.0645. The van der Waals surface area contributed by atoms with Crippen molar-refractivity contribution in [3.05, 3.63) is 14.0 Å². The van der Waals surface area contributed by atoms with Crippen LogP contribution in [0.25, 0.3) is 0 Å². The smallest absolute Gasteiger partial charge is 0.190 e. The van der Waals surface area contributed by atoms with Gasteiger partial charge in [0, 0.05) is 44.5 Å². The second kappa shape index (κ2) is 12.6. The predicted molar refractivity (Wildman–Crippen MR) is 90.4 cm³/mol. The summed E-state index contributed by atoms with van der Waals surface area (Å²) in [4.78, 5) is 22.2. The molecular formula is C18H35NO2Y-2. The zero-order valence-corrected chi connectivity index (χ0v) is 18.6. The summed E-state index contributed by atoms with van der Waals surface area (Å²) in [5, 5.41) is 2.31. The minimum Gasteiger partial charge on any atom is -0.508 e. The van der Waals surface area contributed by atoms with Crippen molar-refractivity contribution in [2.24, 2.45) is 16.7 Å². The van der Waals surface area contributed by atoms with Crippen molar-refractivity contribution in [3.8, 4) is 0 Å². The number of ketones is 1. The quantitative estimate of drug-likeness (QED) is 0.704. The maximum atomic E-state index is 11.8. The van der Waals surface area contributed by atoms with Crippen molar-refractivity contribution in [1.29, 1.82) is 0 Å². The Hall–Kier alpha value is 0.244. The SMILES string of the molecule is [CH2-]C(CC(C)(C)C)C(=O)C(C)(C)C.[CH2-]NC(=O)CCCC.[Y]. The van der Waals surface area contributed by atoms with E-state index in [-0.39, 0.29) is 61.1 Å². The van der Waals surface area contributed by atoms with Gasteiger partial charge in [0.25, 0.3) is 0 Å². The third-order valence-electron chi connectivity index (χ3n) is 2.92. The van der Waals surface area contributed by atoms with E-state index in [9.17, 15) is 9.59 Å². The summed E-state index contributed by atoms with van der Waals surface area (Å²) in [5.74, 6) is 0.231. The van der Waals surface area contributed by atoms with E-state index in [2.05, 4.69) is 47.0 Å². The van der Waals surface area contributed by atoms with Crippen molar-refractivity contribution in [1.82, 2.24) is 5.32 Å². The van der Waals surface area contributed by atoms with Gasteiger partial charge in [-0.25, -0.2) is 0 Å². The maximum Gasteiger partial charge on any atom is 0.190 e. The zero-order valence-electron chi connectivity index (χ0n) is 15.7. The van der Waals surface area contributed by atoms with Crippen molar-refractivity contribution in [2.75, 3.05) is 0 Å². The Balaban J connectivity index is -0.000000348. The molecule has 22 heavy (non-hydrogen) atoms. The van der Waals surface area contributed by atoms with Gasteiger partial charge in [-0.05, 0) is 11.8 Å². The van der Waals surface area contributed by atoms with E-state index in [1.807, 2.05) is 20.8 Å². The molecule has 0 spiro atoms. The van der Waals surface area contributed by atoms with E-state index in [0.29, 0.717) is 6.42 Å². The van der Waals surface area contributed by atoms with Gasteiger partial charge < -0.3 is 17.0 Å². The van der Waals surface area contributed by atoms with Crippen molar-refractivity contribution < 1.29 is 42.3 Å². The van der Waals surface area contributed by atoms with E-state index in [0.717, 1.165) is 19.3 Å². The molecule has 1 N–H and O–H groups in total. The Morgan fingerprint density at radius 2 is 1.55 bits per heavy atom. The van der Waals surface area contributed by atoms with Gasteiger partial charge in [0.15, 0.2) is 5.91 Å². The van der Waals surface area contributed by atoms with Crippen LogP contribution in [0.15, 0.2) is 0 Å². The number of unbranched alkanes of at least 4 members (excludes halogenated alkanes) is 1. The summed E-state index contributed by atoms with van der Waals surface area (Å²) in [6.07, 6.45) is 3.50. The second-order valence-corrected chi connectivity index (χ2v) is 7.78. The van der Waals surface area contributed by atoms with Crippen LogP contribution in [0.5, 0.6) is 0 Å². The van der Waals surface area contributed by atoms with E-state index in [1.54, 1.807) is 0 Å². The molecule has 0 aliphatic rings. The fourth-order valence-electron chi connectivity index (χ4n) is 1.87. The van der Waals surface area contributed by atoms with Crippen LogP contribution in [-0.2, 0) is 42.3 Å². The van der Waals surface area contributed by atoms with Gasteiger partial charge >= 0.3 is 0 Å². The molecule has 1 unspecified atom stereocenters. The van der Waals surface area contributed by atoms with Gasteiger partial charge in [0.05, 0.1) is 0 Å². The molecule has 1 amide bonds. The number of carbonyl (C=O) groups is 2. The van der Waals surface area contributed by atoms with Crippen LogP contribution in [0, 0.1) is 30.7 Å². The van der Waals surface area contributed by atoms with Gasteiger partial charge in [-0.1, -0.05) is 61.3 Å². The van der Waals surface area contributed by atoms with E-state index in [4.69, 9.17) is 0 Å². The van der Waals surface area contributed by atoms with Gasteiger partial charge in [0.2, 0.25) is 0 Å². The van der Waals surface area contributed by atoms with Crippen LogP contribution >= 0.6 is 0 Å². The predicted octanol–water partition coefficient (Wildman–Crippen LogP) is 4.57. The third-order valence-corrected chi connectivity index (χ3v) is 2.92. The van der Waals surface area contributed by atoms with Crippen molar-refractivity contribution in [2.45, 2.75) is 74.1 Å². The van der Waals surface area contributed by atoms with E-state index >= 15 is 0 Å². The number of carbonyl (C=O) groups excluding carboxylic acids is 2. The largest absolute Gasteiger partial charge is 0.508 e. The number of Topliss-reactive ketones (excluding diaryl/α,β-unsaturated/α-hetero) is 1. The topological polar surface area (TPSA) is 46.2 Å². The molecule has 129 valence electrons. The molecular weight excluding hydrogens is 351 g/mol. The molecule has 0 saturated heterocycles. The molecule has 0 aromatic rings. The molecule has 0 bridgehead atoms. The second-order valence-electron chi connectivity index (χ2n) is 7.78. The fraction of sp³-hybridized carbons (Fsp3) is 0.778. The molecule has 1 radical (unpaired) electrons. The number of rotatable bonds is 5. The minimum atomic E-state index is -0.252. The summed E-state index contributed by atoms with van der Waals surface area (Å²) < 4.78 is 0. The number of nitrogens with one attached hydrogen (secondary N) is 1. The van der Waals surface area contributed by atoms with Crippen LogP contribution in [0.2, 0.25) is 0 Å². The van der Waals surface area contributed by atoms with Gasteiger partial charge in [-0.3, -0.25) is 11.8 Å². The Labute approximate surface area is 163 Å². The molecule has 4 heteroatoms. The summed E-state index contributed by atoms with van der Waals surface area (Å²) in [6.45, 7) is 18.3. The normalized spacial score (nSPS) is 12.4. The number of hydrogen-bond donors (Lipinski definition) is 1. The van der Waals surface area contributed by atoms with Crippen LogP contribution in [0.4, 0.5) is 0 Å². The first kappa shape index (κ1) is 27.1. The summed E-state index contributed by atoms with van der Waals surface area (Å²) >= 11 is 0. The van der Waals surface area contributed by atoms with Gasteiger partial charge in [0.1, 0.15) is 5.78 Å². The average molecular weight is 386 g/mol. The molecule has 0 saturated carbocycles. The maximum absolute atomic E-state index is 11.8. The standard InChI is InChI=1S/C12H23O.C6H12NO.Y/c1-9(8-11(2,3)4)10(13)12(5,6)7;1-3-4-5-6(8)7-2;/h9H,1,8H2,2-7H3;2-5H2,1H3,(H,7,8);/q2*-1;. The molecule has 0 fully saturated rings. The molecule has 0 aromatic carbocycles. The van der Waals surface area contributed by atoms with Crippen molar-refractivity contribution >= 4 is 11.7 Å². The number of hydrogen-bond acceptors (Lipinski definition) is 2. The van der Waals surface area contributed by atoms with E-state index < -0.39 is 0 Å². The summed E-state index contributed by atoms with van der Waals surface area (Å²) in [6, 6.07) is 0. The van der Waals surface area contributed by atoms with Crippen LogP contribution in [0.1, 0.15) is 74.1 Å². The Morgan fingerprint density at radius 3 is 1.82 bits per heavy atom. The molecule has 0 aromatic heterocycles. The molecule has 0 aliphatic heterocycles. The first-order chi connectivity index (χ1) is 9.35. The Bertz CT molecular complexity index is 314. The molecule has 3 nitrogen and oxygen atoms in total. The third kappa shape index (κ3) is 16.6. The fourth-order valence-corrected chi connectivity index (χ4v) is 1.87. The Kier molecular flexibility index (Phi) is 15.6. The minimum absolute atomic E-state index is 0. The first-order valence-electron chi connectivity index (χ1n) is 7.78. The number of amides is 1. The monoisotopic (exact) mass is 386 g/mol. The van der Waals surface area contributed by atoms with Crippen LogP contribution in [-0.4, -0.2) is 11.7 Å². The molecule has 0 rings (SSSR count). The van der Waals surface area contributed by atoms with Crippen molar-refractivity contribution in [3.63, 3.8) is 0 Å². The van der Waals surface area contributed by atoms with Crippen LogP contribution in [0.3, 0.4) is 0 Å². The van der Waals surface area contributed by atoms with Gasteiger partial charge in [-0.2, -0.15) is 0 Å². The Morgan fingerprint density at radius 1 is 1.09 bits per heavy atom. The van der Waals surface area contributed by atoms with Gasteiger partial charge in [-0.15, -0.1) is 5.92 Å². The zero-order chi connectivity index (χ0) is 17.3. The molecule has 0 heterocycles. The summed E-state index contributed by atoms with van der Waals surface area (Å²) in [7, 11) is 3.24.